The van der Waals surface area contributed by atoms with Gasteiger partial charge < -0.3 is 15.4 Å². The van der Waals surface area contributed by atoms with Gasteiger partial charge in [-0.2, -0.15) is 0 Å². The van der Waals surface area contributed by atoms with Crippen LogP contribution < -0.4 is 10.6 Å². The second-order valence-electron chi connectivity index (χ2n) is 7.33. The van der Waals surface area contributed by atoms with Gasteiger partial charge in [0.2, 0.25) is 11.8 Å². The van der Waals surface area contributed by atoms with E-state index in [1.807, 2.05) is 0 Å². The lowest BCUT2D eigenvalue weighted by atomic mass is 9.86. The Balaban J connectivity index is 1.61. The summed E-state index contributed by atoms with van der Waals surface area (Å²) >= 11 is 0. The molecule has 2 amide bonds. The molecule has 25 heavy (non-hydrogen) atoms. The van der Waals surface area contributed by atoms with Crippen molar-refractivity contribution in [3.8, 4) is 0 Å². The van der Waals surface area contributed by atoms with Gasteiger partial charge in [-0.05, 0) is 18.8 Å². The van der Waals surface area contributed by atoms with E-state index in [-0.39, 0.29) is 11.8 Å². The smallest absolute Gasteiger partial charge is 0.234 e. The molecule has 1 aliphatic heterocycles. The average Bonchev–Trinajstić information content (AvgIpc) is 2.59. The van der Waals surface area contributed by atoms with Crippen LogP contribution >= 0.6 is 0 Å². The summed E-state index contributed by atoms with van der Waals surface area (Å²) in [5, 5.41) is 6.06. The van der Waals surface area contributed by atoms with Crippen LogP contribution in [0.5, 0.6) is 0 Å². The van der Waals surface area contributed by atoms with E-state index < -0.39 is 0 Å². The minimum absolute atomic E-state index is 0.0366. The van der Waals surface area contributed by atoms with Crippen molar-refractivity contribution in [3.63, 3.8) is 0 Å². The molecule has 0 aromatic heterocycles. The second kappa shape index (κ2) is 10.7. The largest absolute Gasteiger partial charge is 0.383 e. The summed E-state index contributed by atoms with van der Waals surface area (Å²) < 4.78 is 4.92. The maximum atomic E-state index is 12.3. The van der Waals surface area contributed by atoms with Gasteiger partial charge in [0.1, 0.15) is 0 Å². The number of carbonyl (C=O) groups excluding carboxylic acids is 2. The number of methoxy groups -OCH3 is 1. The first-order valence-electron chi connectivity index (χ1n) is 9.58. The van der Waals surface area contributed by atoms with E-state index in [2.05, 4.69) is 27.4 Å². The first-order chi connectivity index (χ1) is 12.1. The average molecular weight is 354 g/mol. The Hall–Kier alpha value is -1.18. The van der Waals surface area contributed by atoms with Crippen LogP contribution in [0.1, 0.15) is 32.6 Å². The van der Waals surface area contributed by atoms with Crippen LogP contribution in [0.4, 0.5) is 0 Å². The highest BCUT2D eigenvalue weighted by molar-refractivity contribution is 5.78. The maximum absolute atomic E-state index is 12.3. The standard InChI is InChI=1S/C18H34N4O3/c1-15-5-3-4-6-16(15)20-18(24)14-22-10-8-21(9-11-22)13-17(23)19-7-12-25-2/h15-16H,3-14H2,1-2H3,(H,19,23)(H,20,24). The zero-order chi connectivity index (χ0) is 18.1. The number of amides is 2. The maximum Gasteiger partial charge on any atom is 0.234 e. The van der Waals surface area contributed by atoms with Crippen molar-refractivity contribution in [1.29, 1.82) is 0 Å². The van der Waals surface area contributed by atoms with Crippen LogP contribution in [-0.4, -0.2) is 87.2 Å². The van der Waals surface area contributed by atoms with Crippen LogP contribution in [0.25, 0.3) is 0 Å². The fourth-order valence-corrected chi connectivity index (χ4v) is 3.64. The van der Waals surface area contributed by atoms with Gasteiger partial charge in [0.05, 0.1) is 19.7 Å². The summed E-state index contributed by atoms with van der Waals surface area (Å²) in [6.07, 6.45) is 4.84. The van der Waals surface area contributed by atoms with Gasteiger partial charge in [-0.15, -0.1) is 0 Å². The van der Waals surface area contributed by atoms with E-state index in [1.54, 1.807) is 7.11 Å². The number of carbonyl (C=O) groups is 2. The van der Waals surface area contributed by atoms with Gasteiger partial charge >= 0.3 is 0 Å². The molecule has 2 rings (SSSR count). The van der Waals surface area contributed by atoms with Crippen molar-refractivity contribution in [2.75, 3.05) is 59.5 Å². The van der Waals surface area contributed by atoms with Gasteiger partial charge in [0, 0.05) is 45.9 Å². The van der Waals surface area contributed by atoms with E-state index >= 15 is 0 Å². The Morgan fingerprint density at radius 2 is 1.60 bits per heavy atom. The fourth-order valence-electron chi connectivity index (χ4n) is 3.64. The van der Waals surface area contributed by atoms with Crippen molar-refractivity contribution < 1.29 is 14.3 Å². The van der Waals surface area contributed by atoms with Gasteiger partial charge in [-0.3, -0.25) is 19.4 Å². The molecule has 7 nitrogen and oxygen atoms in total. The van der Waals surface area contributed by atoms with Crippen molar-refractivity contribution in [3.05, 3.63) is 0 Å². The van der Waals surface area contributed by atoms with Gasteiger partial charge in [-0.1, -0.05) is 19.8 Å². The lowest BCUT2D eigenvalue weighted by Crippen LogP contribution is -2.53. The Kier molecular flexibility index (Phi) is 8.64. The van der Waals surface area contributed by atoms with Crippen molar-refractivity contribution in [1.82, 2.24) is 20.4 Å². The summed E-state index contributed by atoms with van der Waals surface area (Å²) in [7, 11) is 1.62. The predicted molar refractivity (Wildman–Crippen MR) is 97.3 cm³/mol. The van der Waals surface area contributed by atoms with Gasteiger partial charge in [0.15, 0.2) is 0 Å². The number of ether oxygens (including phenoxy) is 1. The Bertz CT molecular complexity index is 425. The molecule has 2 N–H and O–H groups in total. The Morgan fingerprint density at radius 1 is 1.00 bits per heavy atom. The first kappa shape index (κ1) is 20.1. The zero-order valence-corrected chi connectivity index (χ0v) is 15.8. The van der Waals surface area contributed by atoms with Gasteiger partial charge in [-0.25, -0.2) is 0 Å². The summed E-state index contributed by atoms with van der Waals surface area (Å²) in [4.78, 5) is 28.4. The third-order valence-electron chi connectivity index (χ3n) is 5.29. The number of piperazine rings is 1. The SMILES string of the molecule is COCCNC(=O)CN1CCN(CC(=O)NC2CCCCC2C)CC1. The lowest BCUT2D eigenvalue weighted by Gasteiger charge is -2.35. The molecule has 0 radical (unpaired) electrons. The van der Waals surface area contributed by atoms with Crippen LogP contribution in [0.3, 0.4) is 0 Å². The molecule has 144 valence electrons. The zero-order valence-electron chi connectivity index (χ0n) is 15.8. The topological polar surface area (TPSA) is 73.9 Å². The monoisotopic (exact) mass is 354 g/mol. The van der Waals surface area contributed by atoms with Crippen molar-refractivity contribution >= 4 is 11.8 Å². The molecule has 2 aliphatic rings. The highest BCUT2D eigenvalue weighted by Crippen LogP contribution is 2.23. The molecule has 2 atom stereocenters. The van der Waals surface area contributed by atoms with E-state index in [0.29, 0.717) is 38.2 Å². The van der Waals surface area contributed by atoms with E-state index in [4.69, 9.17) is 4.74 Å². The van der Waals surface area contributed by atoms with Crippen molar-refractivity contribution in [2.24, 2.45) is 5.92 Å². The molecule has 1 saturated carbocycles. The molecule has 2 fully saturated rings. The fraction of sp³-hybridized carbons (Fsp3) is 0.889. The number of hydrogen-bond acceptors (Lipinski definition) is 5. The Morgan fingerprint density at radius 3 is 2.20 bits per heavy atom. The summed E-state index contributed by atoms with van der Waals surface area (Å²) in [6, 6.07) is 0.346. The first-order valence-corrected chi connectivity index (χ1v) is 9.58. The van der Waals surface area contributed by atoms with Crippen LogP contribution in [0.2, 0.25) is 0 Å². The van der Waals surface area contributed by atoms with Crippen LogP contribution in [-0.2, 0) is 14.3 Å². The molecule has 7 heteroatoms. The molecule has 1 aliphatic carbocycles. The lowest BCUT2D eigenvalue weighted by molar-refractivity contribution is -0.125. The third kappa shape index (κ3) is 7.30. The number of nitrogens with one attached hydrogen (secondary N) is 2. The number of rotatable bonds is 8. The molecule has 1 saturated heterocycles. The summed E-state index contributed by atoms with van der Waals surface area (Å²) in [5.41, 5.74) is 0. The Labute approximate surface area is 151 Å². The predicted octanol–water partition coefficient (Wildman–Crippen LogP) is 0.0615. The van der Waals surface area contributed by atoms with Gasteiger partial charge in [0.25, 0.3) is 0 Å². The molecule has 0 aromatic carbocycles. The molecule has 0 aromatic rings. The molecular weight excluding hydrogens is 320 g/mol. The minimum atomic E-state index is 0.0366. The van der Waals surface area contributed by atoms with Crippen LogP contribution in [0.15, 0.2) is 0 Å². The molecule has 1 heterocycles. The summed E-state index contributed by atoms with van der Waals surface area (Å²) in [5.74, 6) is 0.769. The van der Waals surface area contributed by atoms with E-state index in [9.17, 15) is 9.59 Å². The van der Waals surface area contributed by atoms with Crippen molar-refractivity contribution in [2.45, 2.75) is 38.6 Å². The molecular formula is C18H34N4O3. The van der Waals surface area contributed by atoms with E-state index in [0.717, 1.165) is 32.6 Å². The summed E-state index contributed by atoms with van der Waals surface area (Å²) in [6.45, 7) is 7.53. The van der Waals surface area contributed by atoms with E-state index in [1.165, 1.54) is 19.3 Å². The normalized spacial score (nSPS) is 25.5. The third-order valence-corrected chi connectivity index (χ3v) is 5.29. The molecule has 2 unspecified atom stereocenters. The molecule has 0 bridgehead atoms. The molecule has 0 spiro atoms. The highest BCUT2D eigenvalue weighted by atomic mass is 16.5. The highest BCUT2D eigenvalue weighted by Gasteiger charge is 2.25. The number of nitrogens with zero attached hydrogens (tertiary/aromatic N) is 2. The number of hydrogen-bond donors (Lipinski definition) is 2. The quantitative estimate of drug-likeness (QED) is 0.603. The minimum Gasteiger partial charge on any atom is -0.383 e. The van der Waals surface area contributed by atoms with Crippen LogP contribution in [0, 0.1) is 5.92 Å². The second-order valence-corrected chi connectivity index (χ2v) is 7.33.